The Labute approximate surface area is 189 Å². The van der Waals surface area contributed by atoms with E-state index in [0.717, 1.165) is 28.7 Å². The molecule has 1 aromatic heterocycles. The van der Waals surface area contributed by atoms with Crippen LogP contribution in [-0.2, 0) is 16.4 Å². The molecule has 0 saturated carbocycles. The largest absolute Gasteiger partial charge is 0.329 e. The van der Waals surface area contributed by atoms with Gasteiger partial charge < -0.3 is 5.73 Å². The summed E-state index contributed by atoms with van der Waals surface area (Å²) in [6, 6.07) is 15.4. The first-order valence-electron chi connectivity index (χ1n) is 10.2. The third-order valence-electron chi connectivity index (χ3n) is 5.48. The minimum Gasteiger partial charge on any atom is -0.329 e. The molecule has 0 aliphatic rings. The summed E-state index contributed by atoms with van der Waals surface area (Å²) in [5, 5.41) is 0.299. The fourth-order valence-electron chi connectivity index (χ4n) is 3.71. The number of benzene rings is 2. The Hall–Kier alpha value is -2.25. The molecule has 163 valence electrons. The molecule has 3 aromatic rings. The maximum atomic E-state index is 13.6. The van der Waals surface area contributed by atoms with Crippen LogP contribution in [0.1, 0.15) is 36.6 Å². The van der Waals surface area contributed by atoms with Gasteiger partial charge in [0.25, 0.3) is 0 Å². The third-order valence-corrected chi connectivity index (χ3v) is 7.98. The molecule has 31 heavy (non-hydrogen) atoms. The van der Waals surface area contributed by atoms with Crippen molar-refractivity contribution in [3.8, 4) is 11.1 Å². The number of halogens is 1. The number of nitrogens with zero attached hydrogens (tertiary/aromatic N) is 2. The minimum absolute atomic E-state index is 0.176. The van der Waals surface area contributed by atoms with Crippen molar-refractivity contribution in [1.29, 1.82) is 0 Å². The van der Waals surface area contributed by atoms with E-state index in [1.807, 2.05) is 43.5 Å². The number of aromatic nitrogens is 1. The molecular formula is C24H27ClN3O2S. The van der Waals surface area contributed by atoms with Crippen LogP contribution in [0.4, 0.5) is 0 Å². The van der Waals surface area contributed by atoms with Crippen molar-refractivity contribution < 1.29 is 8.42 Å². The molecule has 1 heterocycles. The second kappa shape index (κ2) is 9.92. The summed E-state index contributed by atoms with van der Waals surface area (Å²) in [7, 11) is -3.82. The van der Waals surface area contributed by atoms with Gasteiger partial charge in [-0.25, -0.2) is 8.42 Å². The number of hydrogen-bond donors (Lipinski definition) is 1. The van der Waals surface area contributed by atoms with Gasteiger partial charge in [0, 0.05) is 37.6 Å². The molecule has 0 aliphatic carbocycles. The SMILES string of the molecule is CCc1cnccc1-c1cccc([C@H](C)N(CCN)S(=O)(=O)c2cc[c]c(Cl)c2C)c1. The van der Waals surface area contributed by atoms with Crippen molar-refractivity contribution in [2.24, 2.45) is 5.73 Å². The Balaban J connectivity index is 2.05. The first-order valence-corrected chi connectivity index (χ1v) is 12.0. The molecule has 0 bridgehead atoms. The lowest BCUT2D eigenvalue weighted by Gasteiger charge is -2.29. The highest BCUT2D eigenvalue weighted by Crippen LogP contribution is 2.33. The quantitative estimate of drug-likeness (QED) is 0.529. The van der Waals surface area contributed by atoms with Crippen LogP contribution in [0.3, 0.4) is 0 Å². The number of nitrogens with two attached hydrogens (primary N) is 1. The molecular weight excluding hydrogens is 430 g/mol. The number of rotatable bonds is 8. The second-order valence-electron chi connectivity index (χ2n) is 7.37. The van der Waals surface area contributed by atoms with Crippen molar-refractivity contribution in [3.63, 3.8) is 0 Å². The van der Waals surface area contributed by atoms with Crippen LogP contribution in [0.25, 0.3) is 11.1 Å². The Morgan fingerprint density at radius 2 is 2.03 bits per heavy atom. The lowest BCUT2D eigenvalue weighted by molar-refractivity contribution is 0.349. The Bertz CT molecular complexity index is 1160. The molecule has 1 radical (unpaired) electrons. The number of sulfonamides is 1. The van der Waals surface area contributed by atoms with E-state index in [0.29, 0.717) is 10.6 Å². The summed E-state index contributed by atoms with van der Waals surface area (Å²) in [6.07, 6.45) is 4.51. The van der Waals surface area contributed by atoms with E-state index in [-0.39, 0.29) is 18.0 Å². The molecule has 5 nitrogen and oxygen atoms in total. The average molecular weight is 457 g/mol. The van der Waals surface area contributed by atoms with E-state index in [2.05, 4.69) is 18.0 Å². The maximum absolute atomic E-state index is 13.6. The van der Waals surface area contributed by atoms with Crippen LogP contribution >= 0.6 is 11.6 Å². The highest BCUT2D eigenvalue weighted by atomic mass is 35.5. The Morgan fingerprint density at radius 3 is 2.74 bits per heavy atom. The molecule has 0 amide bonds. The molecule has 7 heteroatoms. The Kier molecular flexibility index (Phi) is 7.49. The van der Waals surface area contributed by atoms with Gasteiger partial charge in [-0.2, -0.15) is 4.31 Å². The van der Waals surface area contributed by atoms with Crippen LogP contribution in [0, 0.1) is 13.0 Å². The normalized spacial score (nSPS) is 12.8. The van der Waals surface area contributed by atoms with Gasteiger partial charge in [-0.15, -0.1) is 0 Å². The van der Waals surface area contributed by atoms with Crippen LogP contribution in [0.2, 0.25) is 5.02 Å². The first-order chi connectivity index (χ1) is 14.8. The predicted octanol–water partition coefficient (Wildman–Crippen LogP) is 4.78. The Morgan fingerprint density at radius 1 is 1.26 bits per heavy atom. The predicted molar refractivity (Wildman–Crippen MR) is 125 cm³/mol. The monoisotopic (exact) mass is 456 g/mol. The maximum Gasteiger partial charge on any atom is 0.243 e. The van der Waals surface area contributed by atoms with E-state index in [1.165, 1.54) is 16.4 Å². The average Bonchev–Trinajstić information content (AvgIpc) is 2.78. The molecule has 0 aliphatic heterocycles. The van der Waals surface area contributed by atoms with Gasteiger partial charge in [0.15, 0.2) is 0 Å². The highest BCUT2D eigenvalue weighted by molar-refractivity contribution is 7.89. The van der Waals surface area contributed by atoms with E-state index in [9.17, 15) is 8.42 Å². The van der Waals surface area contributed by atoms with Gasteiger partial charge in [-0.3, -0.25) is 4.98 Å². The van der Waals surface area contributed by atoms with Crippen molar-refractivity contribution in [2.45, 2.75) is 38.1 Å². The van der Waals surface area contributed by atoms with Gasteiger partial charge in [0.05, 0.1) is 9.92 Å². The van der Waals surface area contributed by atoms with Gasteiger partial charge >= 0.3 is 0 Å². The minimum atomic E-state index is -3.82. The summed E-state index contributed by atoms with van der Waals surface area (Å²) in [5.41, 5.74) is 10.4. The van der Waals surface area contributed by atoms with Crippen LogP contribution in [0.5, 0.6) is 0 Å². The molecule has 0 fully saturated rings. The molecule has 0 saturated heterocycles. The number of aryl methyl sites for hydroxylation is 1. The molecule has 1 atom stereocenters. The van der Waals surface area contributed by atoms with Crippen LogP contribution in [0.15, 0.2) is 59.8 Å². The van der Waals surface area contributed by atoms with Crippen molar-refractivity contribution in [2.75, 3.05) is 13.1 Å². The lowest BCUT2D eigenvalue weighted by Crippen LogP contribution is -2.37. The summed E-state index contributed by atoms with van der Waals surface area (Å²) >= 11 is 6.15. The summed E-state index contributed by atoms with van der Waals surface area (Å²) in [4.78, 5) is 4.39. The topological polar surface area (TPSA) is 76.3 Å². The summed E-state index contributed by atoms with van der Waals surface area (Å²) < 4.78 is 28.6. The zero-order valence-corrected chi connectivity index (χ0v) is 19.5. The van der Waals surface area contributed by atoms with Crippen molar-refractivity contribution in [1.82, 2.24) is 9.29 Å². The van der Waals surface area contributed by atoms with Crippen molar-refractivity contribution in [3.05, 3.63) is 82.6 Å². The second-order valence-corrected chi connectivity index (χ2v) is 9.61. The van der Waals surface area contributed by atoms with Gasteiger partial charge in [-0.1, -0.05) is 42.8 Å². The van der Waals surface area contributed by atoms with Gasteiger partial charge in [0.2, 0.25) is 10.0 Å². The fourth-order valence-corrected chi connectivity index (χ4v) is 5.80. The van der Waals surface area contributed by atoms with Crippen LogP contribution in [-0.4, -0.2) is 30.8 Å². The smallest absolute Gasteiger partial charge is 0.243 e. The van der Waals surface area contributed by atoms with Gasteiger partial charge in [-0.05, 0) is 66.3 Å². The molecule has 0 spiro atoms. The van der Waals surface area contributed by atoms with Gasteiger partial charge in [0.1, 0.15) is 0 Å². The van der Waals surface area contributed by atoms with Crippen molar-refractivity contribution >= 4 is 21.6 Å². The lowest BCUT2D eigenvalue weighted by atomic mass is 9.97. The first kappa shape index (κ1) is 23.4. The fraction of sp³-hybridized carbons (Fsp3) is 0.292. The van der Waals surface area contributed by atoms with E-state index in [4.69, 9.17) is 17.3 Å². The molecule has 2 aromatic carbocycles. The summed E-state index contributed by atoms with van der Waals surface area (Å²) in [6.45, 7) is 6.06. The molecule has 0 unspecified atom stereocenters. The summed E-state index contributed by atoms with van der Waals surface area (Å²) in [5.74, 6) is 0. The standard InChI is InChI=1S/C24H27ClN3O2S/c1-4-19-16-27-13-11-22(19)21-8-5-7-20(15-21)18(3)28(14-12-26)31(29,30)24-10-6-9-23(25)17(24)2/h5-8,10-11,13,15-16,18H,4,12,14,26H2,1-3H3/t18-/m0/s1. The van der Waals surface area contributed by atoms with Crippen LogP contribution < -0.4 is 5.73 Å². The van der Waals surface area contributed by atoms with E-state index in [1.54, 1.807) is 13.1 Å². The highest BCUT2D eigenvalue weighted by Gasteiger charge is 2.31. The number of hydrogen-bond acceptors (Lipinski definition) is 4. The third kappa shape index (κ3) is 4.83. The zero-order valence-electron chi connectivity index (χ0n) is 18.0. The van der Waals surface area contributed by atoms with E-state index < -0.39 is 16.1 Å². The zero-order chi connectivity index (χ0) is 22.6. The molecule has 3 rings (SSSR count). The molecule has 2 N–H and O–H groups in total. The number of pyridine rings is 1. The van der Waals surface area contributed by atoms with E-state index >= 15 is 0 Å².